The molecule has 0 radical (unpaired) electrons. The fourth-order valence-electron chi connectivity index (χ4n) is 8.94. The maximum Gasteiger partial charge on any atom is 0.364 e. The molecule has 0 spiro atoms. The molecular weight excluding hydrogens is 974 g/mol. The second kappa shape index (κ2) is 25.0. The highest BCUT2D eigenvalue weighted by atomic mass is 16.8. The maximum absolute atomic E-state index is 13.0. The predicted octanol–water partition coefficient (Wildman–Crippen LogP) is -12.3. The molecule has 0 saturated carbocycles. The Morgan fingerprint density at radius 2 is 0.986 bits per heavy atom. The molecule has 5 fully saturated rings. The summed E-state index contributed by atoms with van der Waals surface area (Å²) in [5.41, 5.74) is 0. The number of aliphatic carboxylic acids is 1. The number of hydrogen-bond acceptors (Lipinski definition) is 28. The molecule has 5 rings (SSSR count). The molecule has 5 aliphatic heterocycles. The van der Waals surface area contributed by atoms with Crippen LogP contribution in [0.1, 0.15) is 27.2 Å². The van der Waals surface area contributed by atoms with Crippen LogP contribution in [0.5, 0.6) is 0 Å². The molecule has 32 nitrogen and oxygen atoms in total. The Morgan fingerprint density at radius 1 is 0.549 bits per heavy atom. The number of amides is 3. The van der Waals surface area contributed by atoms with Crippen molar-refractivity contribution in [3.63, 3.8) is 0 Å². The van der Waals surface area contributed by atoms with Crippen molar-refractivity contribution in [3.05, 3.63) is 0 Å². The quantitative estimate of drug-likeness (QED) is 0.0571. The van der Waals surface area contributed by atoms with Crippen molar-refractivity contribution in [1.29, 1.82) is 0 Å². The van der Waals surface area contributed by atoms with Gasteiger partial charge in [0.15, 0.2) is 25.2 Å². The van der Waals surface area contributed by atoms with Crippen LogP contribution >= 0.6 is 0 Å². The van der Waals surface area contributed by atoms with E-state index in [9.17, 15) is 101 Å². The number of carbonyl (C=O) groups is 4. The van der Waals surface area contributed by atoms with Gasteiger partial charge in [-0.25, -0.2) is 4.79 Å². The minimum atomic E-state index is -3.19. The van der Waals surface area contributed by atoms with Gasteiger partial charge in [0.1, 0.15) is 116 Å². The predicted molar refractivity (Wildman–Crippen MR) is 219 cm³/mol. The summed E-state index contributed by atoms with van der Waals surface area (Å²) in [7, 11) is 0. The largest absolute Gasteiger partial charge is 0.477 e. The number of carboxylic acids is 1. The van der Waals surface area contributed by atoms with Gasteiger partial charge in [-0.3, -0.25) is 14.4 Å². The van der Waals surface area contributed by atoms with Crippen molar-refractivity contribution >= 4 is 23.7 Å². The molecule has 5 aliphatic rings. The van der Waals surface area contributed by atoms with Crippen molar-refractivity contribution in [1.82, 2.24) is 16.0 Å². The van der Waals surface area contributed by atoms with E-state index in [-0.39, 0.29) is 0 Å². The first kappa shape index (κ1) is 58.8. The number of carboxylic acid groups (broad SMARTS) is 1. The Balaban J connectivity index is 1.43. The van der Waals surface area contributed by atoms with E-state index in [1.54, 1.807) is 0 Å². The van der Waals surface area contributed by atoms with Crippen molar-refractivity contribution < 1.29 is 144 Å². The number of ether oxygens (including phenoxy) is 9. The van der Waals surface area contributed by atoms with E-state index in [4.69, 9.17) is 42.6 Å². The van der Waals surface area contributed by atoms with Crippen molar-refractivity contribution in [2.45, 2.75) is 186 Å². The van der Waals surface area contributed by atoms with Crippen LogP contribution in [-0.4, -0.2) is 297 Å². The summed E-state index contributed by atoms with van der Waals surface area (Å²) in [6.45, 7) is -2.20. The van der Waals surface area contributed by atoms with Crippen LogP contribution in [0.2, 0.25) is 0 Å². The number of carbonyl (C=O) groups excluding carboxylic acids is 3. The Bertz CT molecular complexity index is 1770. The molecule has 5 heterocycles. The first-order valence-corrected chi connectivity index (χ1v) is 22.2. The SMILES string of the molecule is CC(=O)N[C@H]1[C@@H](O[C@@H]2[C@H](O)[C@@H](O)[C@H](O[C@H]3[C@@H](O)[C@@H](CO)OC(O)[C@@H]3NC(C)=O)O[C@@H]2CO)O[C@H](CO)[C@H](O)[C@@H]1O[C@@H]1O[C@H](CO)[C@H](O)[C@H](O[C@]2(C(=O)O)C[C@H](O)[C@@H](NC(C)=O)[C@H]([C@H](O)[C@H](O)CO)O2)[C@H]1O. The zero-order chi connectivity index (χ0) is 53.0. The number of nitrogens with one attached hydrogen (secondary N) is 3. The molecule has 0 aromatic carbocycles. The van der Waals surface area contributed by atoms with Crippen LogP contribution in [0.25, 0.3) is 0 Å². The summed E-state index contributed by atoms with van der Waals surface area (Å²) >= 11 is 0. The van der Waals surface area contributed by atoms with Gasteiger partial charge >= 0.3 is 5.97 Å². The van der Waals surface area contributed by atoms with Gasteiger partial charge < -0.3 is 140 Å². The maximum atomic E-state index is 13.0. The molecule has 3 amide bonds. The van der Waals surface area contributed by atoms with Crippen molar-refractivity contribution in [2.75, 3.05) is 33.0 Å². The van der Waals surface area contributed by atoms with Crippen LogP contribution in [0.4, 0.5) is 0 Å². The van der Waals surface area contributed by atoms with Crippen LogP contribution in [0.15, 0.2) is 0 Å². The first-order chi connectivity index (χ1) is 33.4. The summed E-state index contributed by atoms with van der Waals surface area (Å²) in [4.78, 5) is 49.7. The average molecular weight is 1040 g/mol. The van der Waals surface area contributed by atoms with E-state index < -0.39 is 222 Å². The van der Waals surface area contributed by atoms with Gasteiger partial charge in [-0.2, -0.15) is 0 Å². The van der Waals surface area contributed by atoms with Gasteiger partial charge in [-0.1, -0.05) is 0 Å². The topological polar surface area (TPSA) is 511 Å². The third-order valence-corrected chi connectivity index (χ3v) is 12.5. The average Bonchev–Trinajstić information content (AvgIpc) is 3.31. The normalized spacial score (nSPS) is 45.0. The third-order valence-electron chi connectivity index (χ3n) is 12.5. The fraction of sp³-hybridized carbons (Fsp3) is 0.897. The van der Waals surface area contributed by atoms with Crippen LogP contribution in [-0.2, 0) is 61.8 Å². The lowest BCUT2D eigenvalue weighted by atomic mass is 9.88. The Hall–Kier alpha value is -3.08. The lowest BCUT2D eigenvalue weighted by molar-refractivity contribution is -0.387. The highest BCUT2D eigenvalue weighted by molar-refractivity contribution is 5.77. The molecule has 32 heteroatoms. The van der Waals surface area contributed by atoms with E-state index in [0.717, 1.165) is 20.8 Å². The summed E-state index contributed by atoms with van der Waals surface area (Å²) in [6, 6.07) is -5.04. The standard InChI is InChI=1S/C39H65N3O29/c1-10(48)40-19-13(51)4-39(38(61)62,70-32(19)22(53)14(52)5-43)71-33-25(56)17(8-46)65-37(28(33)59)69-31-21(42-12(3)50)35(64-16(7-45)24(31)55)67-29-18(9-47)66-36(27(58)26(29)57)68-30-20(41-11(2)49)34(60)63-15(6-44)23(30)54/h13-37,43-47,51-60H,4-9H2,1-3H3,(H,40,48)(H,41,49)(H,42,50)(H,61,62)/t13-,14+,15+,16+,17+,18+,19+,20+,21+,22+,23-,24-,25-,26+,27+,28+,29-,30+,31+,32+,33-,34?,35+,36-,37-,39-/m0/s1. The Kier molecular flexibility index (Phi) is 20.7. The molecule has 71 heavy (non-hydrogen) atoms. The van der Waals surface area contributed by atoms with E-state index in [2.05, 4.69) is 16.0 Å². The summed E-state index contributed by atoms with van der Waals surface area (Å²) in [5.74, 6) is -7.72. The van der Waals surface area contributed by atoms with E-state index in [1.165, 1.54) is 0 Å². The number of hydrogen-bond donors (Lipinski definition) is 19. The van der Waals surface area contributed by atoms with Gasteiger partial charge in [0.05, 0.1) is 45.2 Å². The molecule has 0 aliphatic carbocycles. The van der Waals surface area contributed by atoms with Gasteiger partial charge in [-0.05, 0) is 0 Å². The Labute approximate surface area is 402 Å². The summed E-state index contributed by atoms with van der Waals surface area (Å²) < 4.78 is 51.2. The van der Waals surface area contributed by atoms with Crippen molar-refractivity contribution in [2.24, 2.45) is 0 Å². The lowest BCUT2D eigenvalue weighted by Gasteiger charge is -2.51. The van der Waals surface area contributed by atoms with E-state index in [1.807, 2.05) is 0 Å². The third kappa shape index (κ3) is 12.9. The molecule has 0 aromatic heterocycles. The second-order valence-electron chi connectivity index (χ2n) is 17.6. The Morgan fingerprint density at radius 3 is 1.49 bits per heavy atom. The smallest absolute Gasteiger partial charge is 0.364 e. The molecule has 5 saturated heterocycles. The van der Waals surface area contributed by atoms with Crippen LogP contribution in [0.3, 0.4) is 0 Å². The van der Waals surface area contributed by atoms with Gasteiger partial charge in [0.25, 0.3) is 5.79 Å². The van der Waals surface area contributed by atoms with Gasteiger partial charge in [0.2, 0.25) is 17.7 Å². The fourth-order valence-corrected chi connectivity index (χ4v) is 8.94. The van der Waals surface area contributed by atoms with E-state index in [0.29, 0.717) is 0 Å². The van der Waals surface area contributed by atoms with Gasteiger partial charge in [0, 0.05) is 27.2 Å². The number of aliphatic hydroxyl groups excluding tert-OH is 15. The second-order valence-corrected chi connectivity index (χ2v) is 17.6. The molecule has 0 aromatic rings. The van der Waals surface area contributed by atoms with E-state index >= 15 is 0 Å². The van der Waals surface area contributed by atoms with Crippen LogP contribution in [0, 0.1) is 0 Å². The minimum absolute atomic E-state index is 0.737. The number of aliphatic hydroxyl groups is 15. The summed E-state index contributed by atoms with van der Waals surface area (Å²) in [5, 5.41) is 179. The number of rotatable bonds is 19. The molecule has 19 N–H and O–H groups in total. The zero-order valence-corrected chi connectivity index (χ0v) is 38.1. The summed E-state index contributed by atoms with van der Waals surface area (Å²) in [6.07, 6.45) is -45.2. The molecule has 1 unspecified atom stereocenters. The van der Waals surface area contributed by atoms with Gasteiger partial charge in [-0.15, -0.1) is 0 Å². The molecule has 410 valence electrons. The minimum Gasteiger partial charge on any atom is -0.477 e. The zero-order valence-electron chi connectivity index (χ0n) is 38.1. The first-order valence-electron chi connectivity index (χ1n) is 22.2. The molecule has 0 bridgehead atoms. The molecular formula is C39H65N3O29. The van der Waals surface area contributed by atoms with Crippen molar-refractivity contribution in [3.8, 4) is 0 Å². The lowest BCUT2D eigenvalue weighted by Crippen LogP contribution is -2.71. The highest BCUT2D eigenvalue weighted by Crippen LogP contribution is 2.39. The monoisotopic (exact) mass is 1040 g/mol. The molecule has 26 atom stereocenters. The highest BCUT2D eigenvalue weighted by Gasteiger charge is 2.61. The van der Waals surface area contributed by atoms with Crippen LogP contribution < -0.4 is 16.0 Å².